The second kappa shape index (κ2) is 3.15. The summed E-state index contributed by atoms with van der Waals surface area (Å²) < 4.78 is 4.99. The van der Waals surface area contributed by atoms with Crippen LogP contribution in [0.5, 0.6) is 0 Å². The highest BCUT2D eigenvalue weighted by atomic mass is 16.5. The maximum atomic E-state index is 4.99. The molecule has 0 radical (unpaired) electrons. The number of methoxy groups -OCH3 is 1. The molecular weight excluding hydrogens is 116 g/mol. The summed E-state index contributed by atoms with van der Waals surface area (Å²) in [5.74, 6) is 0.685. The Morgan fingerprint density at radius 2 is 2.44 bits per heavy atom. The summed E-state index contributed by atoms with van der Waals surface area (Å²) in [7, 11) is 1.73. The van der Waals surface area contributed by atoms with Crippen molar-refractivity contribution in [2.45, 2.75) is 13.0 Å². The number of hydrogen-bond donors (Lipinski definition) is 2. The van der Waals surface area contributed by atoms with Gasteiger partial charge in [0.1, 0.15) is 0 Å². The molecule has 0 bridgehead atoms. The molecule has 3 nitrogen and oxygen atoms in total. The lowest BCUT2D eigenvalue weighted by Crippen LogP contribution is -2.34. The first-order chi connectivity index (χ1) is 4.34. The van der Waals surface area contributed by atoms with Gasteiger partial charge < -0.3 is 4.74 Å². The molecule has 0 aromatic carbocycles. The number of hydrazine groups is 1. The van der Waals surface area contributed by atoms with Gasteiger partial charge in [-0.25, -0.2) is 0 Å². The highest BCUT2D eigenvalue weighted by Crippen LogP contribution is 2.05. The summed E-state index contributed by atoms with van der Waals surface area (Å²) in [4.78, 5) is 0. The lowest BCUT2D eigenvalue weighted by molar-refractivity contribution is 0.159. The summed E-state index contributed by atoms with van der Waals surface area (Å²) in [6.07, 6.45) is 0. The van der Waals surface area contributed by atoms with E-state index < -0.39 is 0 Å². The summed E-state index contributed by atoms with van der Waals surface area (Å²) in [5, 5.41) is 0. The van der Waals surface area contributed by atoms with Crippen LogP contribution < -0.4 is 10.9 Å². The minimum absolute atomic E-state index is 0.495. The average Bonchev–Trinajstić information content (AvgIpc) is 2.18. The monoisotopic (exact) mass is 130 g/mol. The van der Waals surface area contributed by atoms with Crippen molar-refractivity contribution in [2.75, 3.05) is 20.3 Å². The maximum absolute atomic E-state index is 4.99. The van der Waals surface area contributed by atoms with Crippen LogP contribution >= 0.6 is 0 Å². The van der Waals surface area contributed by atoms with Crippen LogP contribution in [-0.4, -0.2) is 26.3 Å². The molecule has 0 saturated carbocycles. The molecule has 0 aliphatic carbocycles. The van der Waals surface area contributed by atoms with Gasteiger partial charge in [-0.1, -0.05) is 6.92 Å². The van der Waals surface area contributed by atoms with E-state index in [4.69, 9.17) is 4.74 Å². The normalized spacial score (nSPS) is 35.3. The van der Waals surface area contributed by atoms with E-state index in [1.165, 1.54) is 0 Å². The summed E-state index contributed by atoms with van der Waals surface area (Å²) in [6.45, 7) is 4.05. The van der Waals surface area contributed by atoms with Crippen LogP contribution in [0.25, 0.3) is 0 Å². The highest BCUT2D eigenvalue weighted by molar-refractivity contribution is 4.77. The van der Waals surface area contributed by atoms with Crippen molar-refractivity contribution in [3.05, 3.63) is 0 Å². The first kappa shape index (κ1) is 6.99. The molecule has 9 heavy (non-hydrogen) atoms. The van der Waals surface area contributed by atoms with E-state index in [0.717, 1.165) is 13.2 Å². The smallest absolute Gasteiger partial charge is 0.0632 e. The third kappa shape index (κ3) is 1.64. The Morgan fingerprint density at radius 3 is 2.89 bits per heavy atom. The topological polar surface area (TPSA) is 33.3 Å². The maximum Gasteiger partial charge on any atom is 0.0632 e. The van der Waals surface area contributed by atoms with Gasteiger partial charge in [-0.3, -0.25) is 10.9 Å². The number of rotatable bonds is 2. The van der Waals surface area contributed by atoms with Crippen molar-refractivity contribution < 1.29 is 4.74 Å². The minimum Gasteiger partial charge on any atom is -0.383 e. The molecule has 2 N–H and O–H groups in total. The fourth-order valence-corrected chi connectivity index (χ4v) is 1.02. The molecule has 54 valence electrons. The van der Waals surface area contributed by atoms with Crippen molar-refractivity contribution in [3.8, 4) is 0 Å². The van der Waals surface area contributed by atoms with E-state index >= 15 is 0 Å². The van der Waals surface area contributed by atoms with Crippen LogP contribution in [-0.2, 0) is 4.74 Å². The third-order valence-corrected chi connectivity index (χ3v) is 1.74. The third-order valence-electron chi connectivity index (χ3n) is 1.74. The van der Waals surface area contributed by atoms with Gasteiger partial charge >= 0.3 is 0 Å². The first-order valence-corrected chi connectivity index (χ1v) is 3.32. The van der Waals surface area contributed by atoms with Gasteiger partial charge in [0.15, 0.2) is 0 Å². The van der Waals surface area contributed by atoms with Crippen LogP contribution in [0.1, 0.15) is 6.92 Å². The zero-order valence-electron chi connectivity index (χ0n) is 5.98. The summed E-state index contributed by atoms with van der Waals surface area (Å²) in [5.41, 5.74) is 6.21. The molecule has 1 saturated heterocycles. The fraction of sp³-hybridized carbons (Fsp3) is 1.00. The molecule has 2 unspecified atom stereocenters. The van der Waals surface area contributed by atoms with Crippen molar-refractivity contribution >= 4 is 0 Å². The predicted molar refractivity (Wildman–Crippen MR) is 36.0 cm³/mol. The van der Waals surface area contributed by atoms with Gasteiger partial charge in [0.2, 0.25) is 0 Å². The van der Waals surface area contributed by atoms with Crippen LogP contribution in [0.3, 0.4) is 0 Å². The molecule has 0 aromatic rings. The quantitative estimate of drug-likeness (QED) is 0.540. The standard InChI is InChI=1S/C6H14N2O/c1-5-3-7-8-6(5)4-9-2/h5-8H,3-4H2,1-2H3. The van der Waals surface area contributed by atoms with Crippen LogP contribution in [0.15, 0.2) is 0 Å². The fourth-order valence-electron chi connectivity index (χ4n) is 1.02. The molecule has 1 rings (SSSR count). The molecule has 1 aliphatic rings. The second-order valence-corrected chi connectivity index (χ2v) is 2.56. The largest absolute Gasteiger partial charge is 0.383 e. The van der Waals surface area contributed by atoms with Gasteiger partial charge in [0.05, 0.1) is 6.61 Å². The molecule has 1 fully saturated rings. The molecule has 2 atom stereocenters. The van der Waals surface area contributed by atoms with E-state index in [1.807, 2.05) is 0 Å². The lowest BCUT2D eigenvalue weighted by atomic mass is 10.1. The Morgan fingerprint density at radius 1 is 1.67 bits per heavy atom. The molecule has 1 heterocycles. The SMILES string of the molecule is COCC1NNCC1C. The number of hydrogen-bond acceptors (Lipinski definition) is 3. The Kier molecular flexibility index (Phi) is 2.45. The number of nitrogens with one attached hydrogen (secondary N) is 2. The summed E-state index contributed by atoms with van der Waals surface area (Å²) >= 11 is 0. The van der Waals surface area contributed by atoms with E-state index in [0.29, 0.717) is 12.0 Å². The zero-order valence-corrected chi connectivity index (χ0v) is 5.98. The van der Waals surface area contributed by atoms with Crippen LogP contribution in [0.4, 0.5) is 0 Å². The van der Waals surface area contributed by atoms with Gasteiger partial charge in [-0.15, -0.1) is 0 Å². The van der Waals surface area contributed by atoms with Crippen LogP contribution in [0, 0.1) is 5.92 Å². The zero-order chi connectivity index (χ0) is 6.69. The Labute approximate surface area is 55.7 Å². The van der Waals surface area contributed by atoms with E-state index in [1.54, 1.807) is 7.11 Å². The highest BCUT2D eigenvalue weighted by Gasteiger charge is 2.21. The van der Waals surface area contributed by atoms with Crippen molar-refractivity contribution in [3.63, 3.8) is 0 Å². The predicted octanol–water partition coefficient (Wildman–Crippen LogP) is -0.255. The van der Waals surface area contributed by atoms with Crippen molar-refractivity contribution in [1.82, 2.24) is 10.9 Å². The average molecular weight is 130 g/mol. The van der Waals surface area contributed by atoms with E-state index in [-0.39, 0.29) is 0 Å². The van der Waals surface area contributed by atoms with Gasteiger partial charge in [0, 0.05) is 19.7 Å². The molecule has 1 aliphatic heterocycles. The van der Waals surface area contributed by atoms with Gasteiger partial charge in [-0.2, -0.15) is 0 Å². The number of ether oxygens (including phenoxy) is 1. The molecule has 0 amide bonds. The Bertz CT molecular complexity index is 87.1. The molecule has 0 aromatic heterocycles. The van der Waals surface area contributed by atoms with Crippen molar-refractivity contribution in [1.29, 1.82) is 0 Å². The second-order valence-electron chi connectivity index (χ2n) is 2.56. The molecular formula is C6H14N2O. The lowest BCUT2D eigenvalue weighted by Gasteiger charge is -2.11. The van der Waals surface area contributed by atoms with Gasteiger partial charge in [0.25, 0.3) is 0 Å². The van der Waals surface area contributed by atoms with Crippen LogP contribution in [0.2, 0.25) is 0 Å². The Hall–Kier alpha value is -0.120. The van der Waals surface area contributed by atoms with E-state index in [2.05, 4.69) is 17.8 Å². The Balaban J connectivity index is 2.22. The van der Waals surface area contributed by atoms with E-state index in [9.17, 15) is 0 Å². The molecule has 3 heteroatoms. The first-order valence-electron chi connectivity index (χ1n) is 3.32. The van der Waals surface area contributed by atoms with Gasteiger partial charge in [-0.05, 0) is 5.92 Å². The summed E-state index contributed by atoms with van der Waals surface area (Å²) in [6, 6.07) is 0.495. The van der Waals surface area contributed by atoms with Crippen molar-refractivity contribution in [2.24, 2.45) is 5.92 Å². The minimum atomic E-state index is 0.495. The molecule has 0 spiro atoms.